The number of carbonyl (C=O) groups excluding carboxylic acids is 1. The predicted molar refractivity (Wildman–Crippen MR) is 80.3 cm³/mol. The monoisotopic (exact) mass is 282 g/mol. The molecule has 0 saturated heterocycles. The lowest BCUT2D eigenvalue weighted by Crippen LogP contribution is -2.41. The summed E-state index contributed by atoms with van der Waals surface area (Å²) < 4.78 is 0. The quantitative estimate of drug-likeness (QED) is 0.735. The van der Waals surface area contributed by atoms with E-state index >= 15 is 0 Å². The summed E-state index contributed by atoms with van der Waals surface area (Å²) in [6.45, 7) is 2.48. The van der Waals surface area contributed by atoms with E-state index < -0.39 is 0 Å². The van der Waals surface area contributed by atoms with Crippen molar-refractivity contribution >= 4 is 5.78 Å². The molecule has 2 aliphatic carbocycles. The van der Waals surface area contributed by atoms with Gasteiger partial charge >= 0.3 is 0 Å². The fourth-order valence-corrected chi connectivity index (χ4v) is 3.65. The van der Waals surface area contributed by atoms with Crippen molar-refractivity contribution in [2.24, 2.45) is 11.8 Å². The molecule has 116 valence electrons. The zero-order valence-corrected chi connectivity index (χ0v) is 13.0. The first kappa shape index (κ1) is 15.9. The molecule has 0 aromatic rings. The number of hydroxylamine groups is 1. The lowest BCUT2D eigenvalue weighted by molar-refractivity contribution is -0.122. The molecule has 4 atom stereocenters. The second-order valence-corrected chi connectivity index (χ2v) is 6.62. The van der Waals surface area contributed by atoms with E-state index in [9.17, 15) is 4.79 Å². The maximum absolute atomic E-state index is 11.5. The first-order chi connectivity index (χ1) is 9.69. The molecule has 2 N–H and O–H groups in total. The highest BCUT2D eigenvalue weighted by Gasteiger charge is 2.26. The zero-order valence-electron chi connectivity index (χ0n) is 13.0. The first-order valence-corrected chi connectivity index (χ1v) is 8.24. The van der Waals surface area contributed by atoms with E-state index in [1.807, 2.05) is 7.05 Å². The number of Topliss-reactive ketones (excluding diaryl/α,β-unsaturated/α-hetero) is 1. The third-order valence-electron chi connectivity index (χ3n) is 5.01. The standard InChI is InChI=1S/C16H30N2O2/c1-12(19)14-6-3-5-13(9-14)11-20-18-16-8-4-7-15(10-16)17-2/h13-18H,3-11H2,1-2H3. The van der Waals surface area contributed by atoms with Crippen LogP contribution in [0.4, 0.5) is 0 Å². The van der Waals surface area contributed by atoms with Crippen LogP contribution < -0.4 is 10.8 Å². The molecular formula is C16H30N2O2. The van der Waals surface area contributed by atoms with Gasteiger partial charge in [-0.2, -0.15) is 5.48 Å². The summed E-state index contributed by atoms with van der Waals surface area (Å²) in [6.07, 6.45) is 9.36. The van der Waals surface area contributed by atoms with Gasteiger partial charge in [0.25, 0.3) is 0 Å². The van der Waals surface area contributed by atoms with Gasteiger partial charge in [0.2, 0.25) is 0 Å². The van der Waals surface area contributed by atoms with Gasteiger partial charge in [-0.25, -0.2) is 0 Å². The molecule has 20 heavy (non-hydrogen) atoms. The van der Waals surface area contributed by atoms with Gasteiger partial charge in [0.15, 0.2) is 0 Å². The molecule has 4 nitrogen and oxygen atoms in total. The Kier molecular flexibility index (Phi) is 6.46. The second-order valence-electron chi connectivity index (χ2n) is 6.62. The molecule has 2 fully saturated rings. The highest BCUT2D eigenvalue weighted by molar-refractivity contribution is 5.78. The van der Waals surface area contributed by atoms with Crippen LogP contribution in [0.25, 0.3) is 0 Å². The summed E-state index contributed by atoms with van der Waals surface area (Å²) in [6, 6.07) is 1.11. The van der Waals surface area contributed by atoms with Crippen LogP contribution in [0.2, 0.25) is 0 Å². The highest BCUT2D eigenvalue weighted by atomic mass is 16.6. The highest BCUT2D eigenvalue weighted by Crippen LogP contribution is 2.29. The third-order valence-corrected chi connectivity index (χ3v) is 5.01. The maximum atomic E-state index is 11.5. The van der Waals surface area contributed by atoms with E-state index in [2.05, 4.69) is 10.8 Å². The minimum Gasteiger partial charge on any atom is -0.317 e. The minimum absolute atomic E-state index is 0.278. The summed E-state index contributed by atoms with van der Waals surface area (Å²) in [4.78, 5) is 17.2. The molecule has 0 spiro atoms. The molecule has 4 heteroatoms. The van der Waals surface area contributed by atoms with Crippen molar-refractivity contribution in [1.82, 2.24) is 10.8 Å². The molecule has 0 bridgehead atoms. The van der Waals surface area contributed by atoms with E-state index in [-0.39, 0.29) is 5.92 Å². The number of carbonyl (C=O) groups is 1. The molecule has 2 rings (SSSR count). The Hall–Kier alpha value is -0.450. The van der Waals surface area contributed by atoms with Gasteiger partial charge in [0.1, 0.15) is 5.78 Å². The molecule has 0 amide bonds. The van der Waals surface area contributed by atoms with Crippen molar-refractivity contribution in [1.29, 1.82) is 0 Å². The maximum Gasteiger partial charge on any atom is 0.132 e. The fourth-order valence-electron chi connectivity index (χ4n) is 3.65. The lowest BCUT2D eigenvalue weighted by atomic mass is 9.80. The summed E-state index contributed by atoms with van der Waals surface area (Å²) >= 11 is 0. The molecule has 0 aliphatic heterocycles. The van der Waals surface area contributed by atoms with E-state index in [0.717, 1.165) is 25.9 Å². The molecule has 0 aromatic carbocycles. The van der Waals surface area contributed by atoms with Crippen LogP contribution in [-0.2, 0) is 9.63 Å². The van der Waals surface area contributed by atoms with Crippen LogP contribution >= 0.6 is 0 Å². The van der Waals surface area contributed by atoms with Gasteiger partial charge in [-0.15, -0.1) is 0 Å². The van der Waals surface area contributed by atoms with Gasteiger partial charge in [0, 0.05) is 18.0 Å². The van der Waals surface area contributed by atoms with Crippen LogP contribution in [-0.4, -0.2) is 31.5 Å². The van der Waals surface area contributed by atoms with Gasteiger partial charge in [-0.3, -0.25) is 4.79 Å². The van der Waals surface area contributed by atoms with Crippen LogP contribution in [0.3, 0.4) is 0 Å². The van der Waals surface area contributed by atoms with Crippen molar-refractivity contribution in [3.63, 3.8) is 0 Å². The fraction of sp³-hybridized carbons (Fsp3) is 0.938. The normalized spacial score (nSPS) is 34.9. The van der Waals surface area contributed by atoms with Crippen molar-refractivity contribution in [3.8, 4) is 0 Å². The van der Waals surface area contributed by atoms with Crippen molar-refractivity contribution < 1.29 is 9.63 Å². The summed E-state index contributed by atoms with van der Waals surface area (Å²) in [5.41, 5.74) is 3.25. The largest absolute Gasteiger partial charge is 0.317 e. The Labute approximate surface area is 123 Å². The van der Waals surface area contributed by atoms with E-state index in [1.54, 1.807) is 6.92 Å². The summed E-state index contributed by atoms with van der Waals surface area (Å²) in [5.74, 6) is 1.18. The smallest absolute Gasteiger partial charge is 0.132 e. The van der Waals surface area contributed by atoms with Crippen LogP contribution in [0, 0.1) is 11.8 Å². The van der Waals surface area contributed by atoms with Gasteiger partial charge in [-0.05, 0) is 58.4 Å². The predicted octanol–water partition coefficient (Wildman–Crippen LogP) is 2.43. The van der Waals surface area contributed by atoms with E-state index in [4.69, 9.17) is 4.84 Å². The van der Waals surface area contributed by atoms with Gasteiger partial charge < -0.3 is 10.2 Å². The van der Waals surface area contributed by atoms with Gasteiger partial charge in [-0.1, -0.05) is 12.8 Å². The molecule has 4 unspecified atom stereocenters. The Morgan fingerprint density at radius 2 is 1.85 bits per heavy atom. The SMILES string of the molecule is CNC1CCCC(NOCC2CCCC(C(C)=O)C2)C1. The first-order valence-electron chi connectivity index (χ1n) is 8.24. The number of nitrogens with one attached hydrogen (secondary N) is 2. The van der Waals surface area contributed by atoms with Crippen LogP contribution in [0.15, 0.2) is 0 Å². The van der Waals surface area contributed by atoms with Gasteiger partial charge in [0.05, 0.1) is 6.61 Å². The molecule has 2 saturated carbocycles. The number of hydrogen-bond donors (Lipinski definition) is 2. The molecule has 2 aliphatic rings. The van der Waals surface area contributed by atoms with Crippen molar-refractivity contribution in [3.05, 3.63) is 0 Å². The average molecular weight is 282 g/mol. The number of ketones is 1. The Morgan fingerprint density at radius 1 is 1.10 bits per heavy atom. The molecule has 0 heterocycles. The van der Waals surface area contributed by atoms with Crippen molar-refractivity contribution in [2.45, 2.75) is 70.4 Å². The summed E-state index contributed by atoms with van der Waals surface area (Å²) in [7, 11) is 2.04. The van der Waals surface area contributed by atoms with Crippen LogP contribution in [0.1, 0.15) is 58.3 Å². The lowest BCUT2D eigenvalue weighted by Gasteiger charge is -2.31. The van der Waals surface area contributed by atoms with E-state index in [0.29, 0.717) is 23.8 Å². The number of hydrogen-bond acceptors (Lipinski definition) is 4. The minimum atomic E-state index is 0.278. The third kappa shape index (κ3) is 4.83. The van der Waals surface area contributed by atoms with Crippen LogP contribution in [0.5, 0.6) is 0 Å². The topological polar surface area (TPSA) is 50.4 Å². The Bertz CT molecular complexity index is 309. The average Bonchev–Trinajstić information content (AvgIpc) is 2.48. The Balaban J connectivity index is 1.64. The zero-order chi connectivity index (χ0) is 14.4. The van der Waals surface area contributed by atoms with E-state index in [1.165, 1.54) is 32.1 Å². The Morgan fingerprint density at radius 3 is 2.60 bits per heavy atom. The molecule has 0 radical (unpaired) electrons. The number of rotatable bonds is 6. The molecule has 0 aromatic heterocycles. The summed E-state index contributed by atoms with van der Waals surface area (Å²) in [5, 5.41) is 3.36. The van der Waals surface area contributed by atoms with Crippen molar-refractivity contribution in [2.75, 3.05) is 13.7 Å². The second kappa shape index (κ2) is 8.11. The molecular weight excluding hydrogens is 252 g/mol.